The zero-order valence-corrected chi connectivity index (χ0v) is 10.3. The largest absolute Gasteiger partial charge is 0.401 e. The molecule has 4 heteroatoms. The van der Waals surface area contributed by atoms with Gasteiger partial charge in [0.1, 0.15) is 0 Å². The Bertz CT molecular complexity index is 417. The Kier molecular flexibility index (Phi) is 4.84. The van der Waals surface area contributed by atoms with Gasteiger partial charge < -0.3 is 5.73 Å². The molecular weight excluding hydrogens is 248 g/mol. The van der Waals surface area contributed by atoms with Crippen molar-refractivity contribution in [1.29, 1.82) is 0 Å². The van der Waals surface area contributed by atoms with Crippen molar-refractivity contribution in [3.05, 3.63) is 57.5 Å². The highest BCUT2D eigenvalue weighted by atomic mass is 35.5. The molecule has 1 rings (SSSR count). The third-order valence-corrected chi connectivity index (χ3v) is 2.54. The first-order chi connectivity index (χ1) is 7.49. The van der Waals surface area contributed by atoms with Gasteiger partial charge in [-0.05, 0) is 30.7 Å². The Morgan fingerprint density at radius 2 is 1.94 bits per heavy atom. The summed E-state index contributed by atoms with van der Waals surface area (Å²) in [6, 6.07) is 7.25. The lowest BCUT2D eigenvalue weighted by Crippen LogP contribution is -2.03. The number of nitrogens with two attached hydrogens (primary N) is 1. The van der Waals surface area contributed by atoms with E-state index in [-0.39, 0.29) is 10.9 Å². The van der Waals surface area contributed by atoms with Crippen molar-refractivity contribution in [2.45, 2.75) is 13.3 Å². The average Bonchev–Trinajstić information content (AvgIpc) is 2.20. The summed E-state index contributed by atoms with van der Waals surface area (Å²) in [5.41, 5.74) is 7.15. The van der Waals surface area contributed by atoms with Gasteiger partial charge in [-0.2, -0.15) is 0 Å². The van der Waals surface area contributed by atoms with Crippen molar-refractivity contribution in [2.24, 2.45) is 5.73 Å². The molecule has 1 aromatic carbocycles. The zero-order valence-electron chi connectivity index (χ0n) is 8.81. The fourth-order valence-electron chi connectivity index (χ4n) is 1.17. The van der Waals surface area contributed by atoms with Gasteiger partial charge in [0.15, 0.2) is 0 Å². The monoisotopic (exact) mass is 259 g/mol. The average molecular weight is 260 g/mol. The maximum absolute atomic E-state index is 12.6. The molecule has 16 heavy (non-hydrogen) atoms. The zero-order chi connectivity index (χ0) is 12.1. The van der Waals surface area contributed by atoms with Crippen LogP contribution in [0.2, 0.25) is 5.02 Å². The van der Waals surface area contributed by atoms with E-state index in [4.69, 9.17) is 28.9 Å². The van der Waals surface area contributed by atoms with Crippen LogP contribution in [0.25, 0.3) is 0 Å². The third kappa shape index (κ3) is 4.25. The third-order valence-electron chi connectivity index (χ3n) is 1.94. The van der Waals surface area contributed by atoms with E-state index in [9.17, 15) is 4.39 Å². The standard InChI is InChI=1S/C12H12Cl2FN/c1-8(15)6-11(14)12(16)7-9-2-4-10(13)5-3-9/h2-6H,7,16H2,1H3/b8-6+,12-11+. The minimum atomic E-state index is -0.371. The van der Waals surface area contributed by atoms with E-state index in [1.54, 1.807) is 12.1 Å². The molecule has 0 radical (unpaired) electrons. The molecule has 0 saturated carbocycles. The van der Waals surface area contributed by atoms with Crippen LogP contribution in [0.15, 0.2) is 46.9 Å². The van der Waals surface area contributed by atoms with Crippen LogP contribution in [0.1, 0.15) is 12.5 Å². The van der Waals surface area contributed by atoms with E-state index >= 15 is 0 Å². The van der Waals surface area contributed by atoms with E-state index < -0.39 is 0 Å². The van der Waals surface area contributed by atoms with Crippen LogP contribution in [-0.4, -0.2) is 0 Å². The summed E-state index contributed by atoms with van der Waals surface area (Å²) >= 11 is 11.6. The molecule has 0 bridgehead atoms. The Morgan fingerprint density at radius 1 is 1.38 bits per heavy atom. The number of halogens is 3. The van der Waals surface area contributed by atoms with Crippen LogP contribution in [-0.2, 0) is 6.42 Å². The highest BCUT2D eigenvalue weighted by molar-refractivity contribution is 6.31. The predicted molar refractivity (Wildman–Crippen MR) is 67.1 cm³/mol. The number of allylic oxidation sites excluding steroid dienone is 4. The number of rotatable bonds is 3. The van der Waals surface area contributed by atoms with Gasteiger partial charge in [0, 0.05) is 17.1 Å². The molecule has 0 heterocycles. The first-order valence-electron chi connectivity index (χ1n) is 4.71. The number of hydrogen-bond donors (Lipinski definition) is 1. The van der Waals surface area contributed by atoms with Crippen LogP contribution in [0.3, 0.4) is 0 Å². The second-order valence-corrected chi connectivity index (χ2v) is 4.25. The highest BCUT2D eigenvalue weighted by Crippen LogP contribution is 2.16. The Morgan fingerprint density at radius 3 is 2.44 bits per heavy atom. The molecule has 0 aliphatic rings. The lowest BCUT2D eigenvalue weighted by atomic mass is 10.1. The van der Waals surface area contributed by atoms with Gasteiger partial charge in [0.25, 0.3) is 0 Å². The maximum Gasteiger partial charge on any atom is 0.0984 e. The predicted octanol–water partition coefficient (Wildman–Crippen LogP) is 4.16. The van der Waals surface area contributed by atoms with E-state index in [1.807, 2.05) is 12.1 Å². The molecule has 0 unspecified atom stereocenters. The molecular formula is C12H12Cl2FN. The minimum absolute atomic E-state index is 0.231. The molecule has 0 aliphatic carbocycles. The topological polar surface area (TPSA) is 26.0 Å². The Hall–Kier alpha value is -0.990. The fraction of sp³-hybridized carbons (Fsp3) is 0.167. The van der Waals surface area contributed by atoms with E-state index in [0.29, 0.717) is 17.1 Å². The second kappa shape index (κ2) is 5.92. The van der Waals surface area contributed by atoms with Crippen molar-refractivity contribution in [3.8, 4) is 0 Å². The van der Waals surface area contributed by atoms with Gasteiger partial charge in [-0.25, -0.2) is 4.39 Å². The molecule has 0 amide bonds. The molecule has 0 fully saturated rings. The molecule has 1 nitrogen and oxygen atoms in total. The van der Waals surface area contributed by atoms with Gasteiger partial charge in [-0.1, -0.05) is 35.3 Å². The summed E-state index contributed by atoms with van der Waals surface area (Å²) in [6.45, 7) is 1.32. The van der Waals surface area contributed by atoms with Crippen LogP contribution < -0.4 is 5.73 Å². The van der Waals surface area contributed by atoms with E-state index in [2.05, 4.69) is 0 Å². The number of hydrogen-bond acceptors (Lipinski definition) is 1. The molecule has 86 valence electrons. The lowest BCUT2D eigenvalue weighted by Gasteiger charge is -2.03. The fourth-order valence-corrected chi connectivity index (χ4v) is 1.52. The molecule has 0 saturated heterocycles. The molecule has 2 N–H and O–H groups in total. The second-order valence-electron chi connectivity index (χ2n) is 3.41. The molecule has 0 aliphatic heterocycles. The van der Waals surface area contributed by atoms with Gasteiger partial charge >= 0.3 is 0 Å². The number of benzene rings is 1. The maximum atomic E-state index is 12.6. The minimum Gasteiger partial charge on any atom is -0.401 e. The van der Waals surface area contributed by atoms with Crippen molar-refractivity contribution in [3.63, 3.8) is 0 Å². The van der Waals surface area contributed by atoms with Crippen LogP contribution in [0, 0.1) is 0 Å². The Labute approximate surface area is 104 Å². The van der Waals surface area contributed by atoms with Gasteiger partial charge in [0.05, 0.1) is 10.9 Å². The summed E-state index contributed by atoms with van der Waals surface area (Å²) in [4.78, 5) is 0. The van der Waals surface area contributed by atoms with Crippen LogP contribution >= 0.6 is 23.2 Å². The SMILES string of the molecule is C/C(F)=C\C(Cl)=C(/N)Cc1ccc(Cl)cc1. The molecule has 0 spiro atoms. The summed E-state index contributed by atoms with van der Waals surface area (Å²) in [7, 11) is 0. The summed E-state index contributed by atoms with van der Waals surface area (Å²) in [6.07, 6.45) is 1.67. The smallest absolute Gasteiger partial charge is 0.0984 e. The molecule has 1 aromatic rings. The first-order valence-corrected chi connectivity index (χ1v) is 5.47. The molecule has 0 aromatic heterocycles. The van der Waals surface area contributed by atoms with Crippen molar-refractivity contribution < 1.29 is 4.39 Å². The first kappa shape index (κ1) is 13.1. The van der Waals surface area contributed by atoms with Crippen molar-refractivity contribution >= 4 is 23.2 Å². The lowest BCUT2D eigenvalue weighted by molar-refractivity contribution is 0.640. The highest BCUT2D eigenvalue weighted by Gasteiger charge is 2.01. The summed E-state index contributed by atoms with van der Waals surface area (Å²) in [5.74, 6) is -0.371. The van der Waals surface area contributed by atoms with Crippen molar-refractivity contribution in [2.75, 3.05) is 0 Å². The molecule has 0 atom stereocenters. The van der Waals surface area contributed by atoms with Crippen LogP contribution in [0.5, 0.6) is 0 Å². The van der Waals surface area contributed by atoms with Crippen molar-refractivity contribution in [1.82, 2.24) is 0 Å². The van der Waals surface area contributed by atoms with E-state index in [0.717, 1.165) is 5.56 Å². The van der Waals surface area contributed by atoms with Crippen LogP contribution in [0.4, 0.5) is 4.39 Å². The Balaban J connectivity index is 2.81. The normalized spacial score (nSPS) is 13.6. The van der Waals surface area contributed by atoms with E-state index in [1.165, 1.54) is 13.0 Å². The van der Waals surface area contributed by atoms with Gasteiger partial charge in [0.2, 0.25) is 0 Å². The summed E-state index contributed by atoms with van der Waals surface area (Å²) < 4.78 is 12.6. The van der Waals surface area contributed by atoms with Gasteiger partial charge in [-0.15, -0.1) is 0 Å². The van der Waals surface area contributed by atoms with Gasteiger partial charge in [-0.3, -0.25) is 0 Å². The quantitative estimate of drug-likeness (QED) is 0.811. The summed E-state index contributed by atoms with van der Waals surface area (Å²) in [5, 5.41) is 0.895.